The molecule has 0 saturated carbocycles. The van der Waals surface area contributed by atoms with Gasteiger partial charge in [-0.3, -0.25) is 0 Å². The Balaban J connectivity index is 0.000000108. The van der Waals surface area contributed by atoms with E-state index in [4.69, 9.17) is 29.9 Å². The van der Waals surface area contributed by atoms with Crippen LogP contribution in [0.5, 0.6) is 0 Å². The second-order valence-electron chi connectivity index (χ2n) is 36.2. The van der Waals surface area contributed by atoms with E-state index in [2.05, 4.69) is 479 Å². The maximum atomic E-state index is 5.25. The van der Waals surface area contributed by atoms with Crippen molar-refractivity contribution in [2.45, 2.75) is 0 Å². The van der Waals surface area contributed by atoms with Gasteiger partial charge in [-0.25, -0.2) is 29.9 Å². The molecular formula is C132H80N6S6. The first-order valence-corrected chi connectivity index (χ1v) is 53.0. The van der Waals surface area contributed by atoms with Gasteiger partial charge in [-0.1, -0.05) is 370 Å². The molecule has 0 N–H and O–H groups in total. The zero-order chi connectivity index (χ0) is 95.1. The van der Waals surface area contributed by atoms with Gasteiger partial charge in [-0.2, -0.15) is 0 Å². The maximum absolute atomic E-state index is 5.25. The standard InChI is InChI=1S/2C46H28N2S2.C40H24N2S2/c1-2-10-29(11-3-1)30-12-8-13-31(24-30)32-14-9-15-35(25-32)46-47-40(33-20-22-38-36-16-4-6-18-42(36)49-44(38)26-33)28-41(48-46)34-21-23-39-37-17-5-7-19-43(37)50-45(39)27-34;1-2-9-29(10-3-1)30-17-19-31(20-18-30)32-11-8-12-35(25-32)46-47-40(33-21-23-38-36-13-4-6-15-42(36)49-44(38)26-33)28-41(48-46)34-22-24-39-37-14-5-7-16-43(37)50-45(39)27-34;1-2-9-25(10-3-1)26-11-8-12-29(21-26)40-41-34(27-17-19-32-30-13-4-6-15-36(30)43-38(32)22-27)24-35(42-40)28-18-20-33-31-14-5-7-16-37(31)44-39(33)23-28/h2*1-28H;1-24H. The van der Waals surface area contributed by atoms with Crippen LogP contribution < -0.4 is 0 Å². The van der Waals surface area contributed by atoms with Crippen LogP contribution in [0.2, 0.25) is 0 Å². The van der Waals surface area contributed by atoms with Crippen LogP contribution in [0.1, 0.15) is 0 Å². The average molecular weight is 1940 g/mol. The molecule has 20 aromatic carbocycles. The fourth-order valence-corrected chi connectivity index (χ4v) is 26.9. The summed E-state index contributed by atoms with van der Waals surface area (Å²) >= 11 is 11.0. The third kappa shape index (κ3) is 16.5. The van der Waals surface area contributed by atoms with Gasteiger partial charge in [0, 0.05) is 171 Å². The van der Waals surface area contributed by atoms with Gasteiger partial charge in [-0.05, 0) is 171 Å². The van der Waals surface area contributed by atoms with Gasteiger partial charge in [0.2, 0.25) is 0 Å². The third-order valence-corrected chi connectivity index (χ3v) is 34.1. The van der Waals surface area contributed by atoms with E-state index in [1.165, 1.54) is 149 Å². The second kappa shape index (κ2) is 36.9. The number of aromatic nitrogens is 6. The maximum Gasteiger partial charge on any atom is 0.160 e. The molecule has 6 nitrogen and oxygen atoms in total. The Kier molecular flexibility index (Phi) is 22.0. The van der Waals surface area contributed by atoms with Crippen molar-refractivity contribution in [3.8, 4) is 157 Å². The lowest BCUT2D eigenvalue weighted by Crippen LogP contribution is -1.96. The molecule has 0 atom stereocenters. The van der Waals surface area contributed by atoms with E-state index in [0.717, 1.165) is 118 Å². The van der Waals surface area contributed by atoms with Gasteiger partial charge in [0.1, 0.15) is 0 Å². The molecule has 674 valence electrons. The highest BCUT2D eigenvalue weighted by Crippen LogP contribution is 2.47. The number of rotatable bonds is 14. The van der Waals surface area contributed by atoms with E-state index in [1.807, 2.05) is 74.1 Å². The Morgan fingerprint density at radius 3 is 0.479 bits per heavy atom. The molecule has 12 heteroatoms. The first kappa shape index (κ1) is 86.1. The normalized spacial score (nSPS) is 11.6. The smallest absolute Gasteiger partial charge is 0.160 e. The van der Waals surface area contributed by atoms with Crippen molar-refractivity contribution >= 4 is 189 Å². The molecule has 0 fully saturated rings. The first-order chi connectivity index (χ1) is 71.2. The van der Waals surface area contributed by atoms with Crippen molar-refractivity contribution in [3.05, 3.63) is 485 Å². The van der Waals surface area contributed by atoms with E-state index < -0.39 is 0 Å². The summed E-state index contributed by atoms with van der Waals surface area (Å²) in [6.07, 6.45) is 0. The van der Waals surface area contributed by atoms with Crippen LogP contribution in [-0.2, 0) is 0 Å². The summed E-state index contributed by atoms with van der Waals surface area (Å²) < 4.78 is 15.4. The van der Waals surface area contributed by atoms with Crippen LogP contribution >= 0.6 is 68.0 Å². The Bertz CT molecular complexity index is 9680. The van der Waals surface area contributed by atoms with Crippen LogP contribution in [-0.4, -0.2) is 29.9 Å². The van der Waals surface area contributed by atoms with E-state index in [9.17, 15) is 0 Å². The summed E-state index contributed by atoms with van der Waals surface area (Å²) in [4.78, 5) is 31.4. The molecule has 29 aromatic rings. The number of hydrogen-bond acceptors (Lipinski definition) is 12. The third-order valence-electron chi connectivity index (χ3n) is 27.3. The monoisotopic (exact) mass is 1940 g/mol. The number of benzene rings is 20. The molecule has 144 heavy (non-hydrogen) atoms. The summed E-state index contributed by atoms with van der Waals surface area (Å²) in [5.74, 6) is 2.16. The van der Waals surface area contributed by atoms with Gasteiger partial charge in [0.05, 0.1) is 34.2 Å². The zero-order valence-corrected chi connectivity index (χ0v) is 82.2. The van der Waals surface area contributed by atoms with Gasteiger partial charge < -0.3 is 0 Å². The highest BCUT2D eigenvalue weighted by atomic mass is 32.1. The Morgan fingerprint density at radius 1 is 0.0972 bits per heavy atom. The van der Waals surface area contributed by atoms with Gasteiger partial charge in [0.15, 0.2) is 17.5 Å². The van der Waals surface area contributed by atoms with Crippen LogP contribution in [0, 0.1) is 0 Å². The minimum atomic E-state index is 0.714. The minimum Gasteiger partial charge on any atom is -0.228 e. The van der Waals surface area contributed by atoms with E-state index in [1.54, 1.807) is 0 Å². The van der Waals surface area contributed by atoms with Crippen LogP contribution in [0.3, 0.4) is 0 Å². The lowest BCUT2D eigenvalue weighted by atomic mass is 9.98. The van der Waals surface area contributed by atoms with E-state index >= 15 is 0 Å². The highest BCUT2D eigenvalue weighted by Gasteiger charge is 2.22. The molecule has 0 unspecified atom stereocenters. The molecule has 0 spiro atoms. The molecule has 29 rings (SSSR count). The van der Waals surface area contributed by atoms with Crippen LogP contribution in [0.15, 0.2) is 485 Å². The van der Waals surface area contributed by atoms with Crippen molar-refractivity contribution in [2.75, 3.05) is 0 Å². The Hall–Kier alpha value is -17.0. The van der Waals surface area contributed by atoms with Crippen LogP contribution in [0.4, 0.5) is 0 Å². The van der Waals surface area contributed by atoms with Crippen molar-refractivity contribution in [3.63, 3.8) is 0 Å². The molecule has 0 bridgehead atoms. The lowest BCUT2D eigenvalue weighted by Gasteiger charge is -2.11. The molecular weight excluding hydrogens is 1860 g/mol. The summed E-state index contributed by atoms with van der Waals surface area (Å²) in [5, 5.41) is 15.5. The Morgan fingerprint density at radius 2 is 0.250 bits per heavy atom. The predicted molar refractivity (Wildman–Crippen MR) is 620 cm³/mol. The van der Waals surface area contributed by atoms with Crippen LogP contribution in [0.25, 0.3) is 278 Å². The number of hydrogen-bond donors (Lipinski definition) is 0. The Labute approximate surface area is 854 Å². The van der Waals surface area contributed by atoms with Crippen molar-refractivity contribution in [1.82, 2.24) is 29.9 Å². The van der Waals surface area contributed by atoms with Gasteiger partial charge in [0.25, 0.3) is 0 Å². The minimum absolute atomic E-state index is 0.714. The number of fused-ring (bicyclic) bond motifs is 18. The quantitative estimate of drug-likeness (QED) is 0.108. The largest absolute Gasteiger partial charge is 0.228 e. The molecule has 0 amide bonds. The molecule has 0 aliphatic heterocycles. The topological polar surface area (TPSA) is 77.3 Å². The molecule has 9 aromatic heterocycles. The van der Waals surface area contributed by atoms with E-state index in [0.29, 0.717) is 11.6 Å². The summed E-state index contributed by atoms with van der Waals surface area (Å²) in [7, 11) is 0. The van der Waals surface area contributed by atoms with Gasteiger partial charge >= 0.3 is 0 Å². The van der Waals surface area contributed by atoms with E-state index in [-0.39, 0.29) is 0 Å². The first-order valence-electron chi connectivity index (χ1n) is 48.1. The molecule has 9 heterocycles. The fourth-order valence-electron chi connectivity index (χ4n) is 20.1. The second-order valence-corrected chi connectivity index (χ2v) is 42.7. The van der Waals surface area contributed by atoms with Gasteiger partial charge in [-0.15, -0.1) is 68.0 Å². The summed E-state index contributed by atoms with van der Waals surface area (Å²) in [6.45, 7) is 0. The average Bonchev–Trinajstić information content (AvgIpc) is 1.41. The predicted octanol–water partition coefficient (Wildman–Crippen LogP) is 39.0. The molecule has 0 radical (unpaired) electrons. The highest BCUT2D eigenvalue weighted by molar-refractivity contribution is 7.28. The number of nitrogens with zero attached hydrogens (tertiary/aromatic N) is 6. The van der Waals surface area contributed by atoms with Crippen molar-refractivity contribution < 1.29 is 0 Å². The molecule has 0 aliphatic rings. The van der Waals surface area contributed by atoms with Crippen molar-refractivity contribution in [1.29, 1.82) is 0 Å². The van der Waals surface area contributed by atoms with Crippen molar-refractivity contribution in [2.24, 2.45) is 0 Å². The number of thiophene rings is 6. The molecule has 0 saturated heterocycles. The zero-order valence-electron chi connectivity index (χ0n) is 77.3. The summed E-state index contributed by atoms with van der Waals surface area (Å²) in [6, 6.07) is 173. The summed E-state index contributed by atoms with van der Waals surface area (Å²) in [5.41, 5.74) is 26.8. The lowest BCUT2D eigenvalue weighted by molar-refractivity contribution is 1.18. The fraction of sp³-hybridized carbons (Fsp3) is 0. The SMILES string of the molecule is c1ccc(-c2ccc(-c3cccc(-c4nc(-c5ccc6c(c5)sc5ccccc56)cc(-c5ccc6c(c5)sc5ccccc56)n4)c3)cc2)cc1.c1ccc(-c2cccc(-c3cccc(-c4nc(-c5ccc6c(c5)sc5ccccc56)cc(-c5ccc6c(c5)sc5ccccc56)n4)c3)c2)cc1.c1ccc(-c2cccc(-c3nc(-c4ccc5c(c4)sc4ccccc45)cc(-c4ccc5c(c4)sc4ccccc45)n3)c2)cc1. The molecule has 0 aliphatic carbocycles.